The molecule has 3 saturated carbocycles. The van der Waals surface area contributed by atoms with Gasteiger partial charge in [0.25, 0.3) is 0 Å². The van der Waals surface area contributed by atoms with Crippen molar-refractivity contribution in [2.75, 3.05) is 0 Å². The number of hydrogen-bond acceptors (Lipinski definition) is 3. The van der Waals surface area contributed by atoms with E-state index < -0.39 is 0 Å². The molecule has 4 atom stereocenters. The lowest BCUT2D eigenvalue weighted by Gasteiger charge is -2.62. The summed E-state index contributed by atoms with van der Waals surface area (Å²) in [5, 5.41) is 3.80. The number of nitrogens with one attached hydrogen (secondary N) is 1. The molecule has 3 fully saturated rings. The van der Waals surface area contributed by atoms with Gasteiger partial charge in [-0.1, -0.05) is 45.9 Å². The maximum atomic E-state index is 6.02. The molecular weight excluding hydrogens is 320 g/mol. The molecule has 3 aliphatic rings. The van der Waals surface area contributed by atoms with Crippen LogP contribution in [0, 0.1) is 30.1 Å². The normalized spacial score (nSPS) is 29.4. The Hall–Kier alpha value is -1.61. The first-order valence-corrected chi connectivity index (χ1v) is 10.2. The maximum Gasteiger partial charge on any atom is 0.226 e. The van der Waals surface area contributed by atoms with E-state index in [0.717, 1.165) is 53.6 Å². The van der Waals surface area contributed by atoms with Crippen molar-refractivity contribution >= 4 is 0 Å². The van der Waals surface area contributed by atoms with E-state index in [-0.39, 0.29) is 0 Å². The van der Waals surface area contributed by atoms with Crippen LogP contribution in [0.5, 0.6) is 0 Å². The second-order valence-corrected chi connectivity index (χ2v) is 8.98. The van der Waals surface area contributed by atoms with Crippen molar-refractivity contribution < 1.29 is 4.42 Å². The third-order valence-electron chi connectivity index (χ3n) is 7.41. The standard InChI is InChI=1S/C23H32N2O/c1-6-16-9-7-8-10-18(16)22-25-21(15(3)26-22)13-24-20-12-17-11-19(14(20)2)23(17,4)5/h7-10,14,17,19-20,24H,6,11-13H2,1-5H3/t14-,17+,19-,20-/m1/s1. The predicted octanol–water partition coefficient (Wildman–Crippen LogP) is 5.37. The highest BCUT2D eigenvalue weighted by molar-refractivity contribution is 5.59. The van der Waals surface area contributed by atoms with Gasteiger partial charge in [-0.15, -0.1) is 0 Å². The van der Waals surface area contributed by atoms with Crippen LogP contribution in [0.4, 0.5) is 0 Å². The molecule has 3 heteroatoms. The van der Waals surface area contributed by atoms with E-state index in [2.05, 4.69) is 57.3 Å². The Bertz CT molecular complexity index is 791. The maximum absolute atomic E-state index is 6.02. The largest absolute Gasteiger partial charge is 0.441 e. The van der Waals surface area contributed by atoms with Crippen LogP contribution in [0.1, 0.15) is 57.6 Å². The van der Waals surface area contributed by atoms with Gasteiger partial charge in [-0.2, -0.15) is 0 Å². The molecular formula is C23H32N2O. The van der Waals surface area contributed by atoms with Gasteiger partial charge in [0.05, 0.1) is 5.69 Å². The van der Waals surface area contributed by atoms with Gasteiger partial charge in [0.2, 0.25) is 5.89 Å². The van der Waals surface area contributed by atoms with Gasteiger partial charge in [-0.3, -0.25) is 0 Å². The number of fused-ring (bicyclic) bond motifs is 2. The highest BCUT2D eigenvalue weighted by atomic mass is 16.4. The highest BCUT2D eigenvalue weighted by Gasteiger charge is 2.55. The van der Waals surface area contributed by atoms with Crippen LogP contribution in [0.3, 0.4) is 0 Å². The Labute approximate surface area is 157 Å². The SMILES string of the molecule is CCc1ccccc1-c1nc(CN[C@@H]2C[C@@H]3C[C@H]([C@H]2C)C3(C)C)c(C)o1. The van der Waals surface area contributed by atoms with Gasteiger partial charge in [-0.05, 0) is 61.0 Å². The summed E-state index contributed by atoms with van der Waals surface area (Å²) in [4.78, 5) is 4.83. The Morgan fingerprint density at radius 2 is 2.00 bits per heavy atom. The topological polar surface area (TPSA) is 38.1 Å². The first-order chi connectivity index (χ1) is 12.4. The molecule has 0 aliphatic heterocycles. The molecule has 3 nitrogen and oxygen atoms in total. The number of rotatable bonds is 5. The first kappa shape index (κ1) is 17.8. The first-order valence-electron chi connectivity index (χ1n) is 10.2. The van der Waals surface area contributed by atoms with E-state index in [1.807, 2.05) is 6.92 Å². The molecule has 1 aromatic carbocycles. The molecule has 5 rings (SSSR count). The van der Waals surface area contributed by atoms with E-state index in [9.17, 15) is 0 Å². The fourth-order valence-corrected chi connectivity index (χ4v) is 5.39. The lowest BCUT2D eigenvalue weighted by Crippen LogP contribution is -2.59. The summed E-state index contributed by atoms with van der Waals surface area (Å²) in [7, 11) is 0. The number of benzene rings is 1. The molecule has 0 radical (unpaired) electrons. The van der Waals surface area contributed by atoms with E-state index in [4.69, 9.17) is 9.40 Å². The average molecular weight is 353 g/mol. The third kappa shape index (κ3) is 2.81. The Morgan fingerprint density at radius 1 is 1.23 bits per heavy atom. The lowest BCUT2D eigenvalue weighted by atomic mass is 9.45. The summed E-state index contributed by atoms with van der Waals surface area (Å²) < 4.78 is 6.02. The van der Waals surface area contributed by atoms with E-state index in [1.54, 1.807) is 0 Å². The van der Waals surface area contributed by atoms with Crippen molar-refractivity contribution in [3.8, 4) is 11.5 Å². The number of aromatic nitrogens is 1. The number of nitrogens with zero attached hydrogens (tertiary/aromatic N) is 1. The number of aryl methyl sites for hydroxylation is 2. The zero-order valence-corrected chi connectivity index (χ0v) is 16.8. The van der Waals surface area contributed by atoms with Gasteiger partial charge in [0.15, 0.2) is 0 Å². The van der Waals surface area contributed by atoms with Crippen LogP contribution in [-0.2, 0) is 13.0 Å². The molecule has 0 spiro atoms. The summed E-state index contributed by atoms with van der Waals surface area (Å²) in [5.74, 6) is 4.18. The summed E-state index contributed by atoms with van der Waals surface area (Å²) >= 11 is 0. The zero-order valence-electron chi connectivity index (χ0n) is 16.8. The molecule has 2 bridgehead atoms. The Balaban J connectivity index is 1.46. The van der Waals surface area contributed by atoms with E-state index in [1.165, 1.54) is 18.4 Å². The van der Waals surface area contributed by atoms with Crippen molar-refractivity contribution in [1.82, 2.24) is 10.3 Å². The summed E-state index contributed by atoms with van der Waals surface area (Å²) in [5.41, 5.74) is 4.00. The van der Waals surface area contributed by atoms with Crippen molar-refractivity contribution in [3.63, 3.8) is 0 Å². The average Bonchev–Trinajstić information content (AvgIpc) is 3.00. The minimum atomic E-state index is 0.540. The van der Waals surface area contributed by atoms with E-state index >= 15 is 0 Å². The van der Waals surface area contributed by atoms with Crippen molar-refractivity contribution in [2.24, 2.45) is 23.2 Å². The van der Waals surface area contributed by atoms with E-state index in [0.29, 0.717) is 11.5 Å². The van der Waals surface area contributed by atoms with Gasteiger partial charge >= 0.3 is 0 Å². The Kier molecular flexibility index (Phi) is 4.46. The minimum absolute atomic E-state index is 0.540. The molecule has 0 unspecified atom stereocenters. The lowest BCUT2D eigenvalue weighted by molar-refractivity contribution is -0.115. The fourth-order valence-electron chi connectivity index (χ4n) is 5.39. The van der Waals surface area contributed by atoms with Gasteiger partial charge in [0.1, 0.15) is 5.76 Å². The molecule has 1 heterocycles. The smallest absolute Gasteiger partial charge is 0.226 e. The summed E-state index contributed by atoms with van der Waals surface area (Å²) in [6.45, 7) is 12.4. The molecule has 1 aromatic heterocycles. The Morgan fingerprint density at radius 3 is 2.69 bits per heavy atom. The molecule has 1 N–H and O–H groups in total. The van der Waals surface area contributed by atoms with Crippen LogP contribution in [0.15, 0.2) is 28.7 Å². The predicted molar refractivity (Wildman–Crippen MR) is 106 cm³/mol. The van der Waals surface area contributed by atoms with Crippen LogP contribution in [-0.4, -0.2) is 11.0 Å². The van der Waals surface area contributed by atoms with Crippen LogP contribution in [0.25, 0.3) is 11.5 Å². The van der Waals surface area contributed by atoms with Crippen molar-refractivity contribution in [3.05, 3.63) is 41.3 Å². The van der Waals surface area contributed by atoms with Crippen LogP contribution in [0.2, 0.25) is 0 Å². The quantitative estimate of drug-likeness (QED) is 0.786. The number of oxazole rings is 1. The van der Waals surface area contributed by atoms with Crippen LogP contribution < -0.4 is 5.32 Å². The zero-order chi connectivity index (χ0) is 18.5. The van der Waals surface area contributed by atoms with Crippen LogP contribution >= 0.6 is 0 Å². The van der Waals surface area contributed by atoms with Gasteiger partial charge in [-0.25, -0.2) is 4.98 Å². The van der Waals surface area contributed by atoms with Gasteiger partial charge in [0, 0.05) is 18.2 Å². The monoisotopic (exact) mass is 352 g/mol. The summed E-state index contributed by atoms with van der Waals surface area (Å²) in [6, 6.07) is 9.01. The molecule has 26 heavy (non-hydrogen) atoms. The molecule has 0 amide bonds. The van der Waals surface area contributed by atoms with Crippen molar-refractivity contribution in [2.45, 2.75) is 66.5 Å². The second kappa shape index (κ2) is 6.53. The number of hydrogen-bond donors (Lipinski definition) is 1. The van der Waals surface area contributed by atoms with Crippen molar-refractivity contribution in [1.29, 1.82) is 0 Å². The van der Waals surface area contributed by atoms with Gasteiger partial charge < -0.3 is 9.73 Å². The fraction of sp³-hybridized carbons (Fsp3) is 0.609. The minimum Gasteiger partial charge on any atom is -0.441 e. The molecule has 3 aliphatic carbocycles. The summed E-state index contributed by atoms with van der Waals surface area (Å²) in [6.07, 6.45) is 3.71. The highest BCUT2D eigenvalue weighted by Crippen LogP contribution is 2.61. The molecule has 140 valence electrons. The second-order valence-electron chi connectivity index (χ2n) is 8.98. The third-order valence-corrected chi connectivity index (χ3v) is 7.41. The molecule has 2 aromatic rings. The molecule has 0 saturated heterocycles.